The minimum absolute atomic E-state index is 0.492. The molecule has 0 aliphatic carbocycles. The molecular formula is C15H33N. The van der Waals surface area contributed by atoms with E-state index in [1.165, 1.54) is 38.8 Å². The molecule has 0 saturated heterocycles. The average molecular weight is 227 g/mol. The van der Waals surface area contributed by atoms with Crippen LogP contribution in [0.25, 0.3) is 0 Å². The highest BCUT2D eigenvalue weighted by Gasteiger charge is 2.11. The molecule has 0 saturated carbocycles. The molecule has 0 fully saturated rings. The van der Waals surface area contributed by atoms with Crippen LogP contribution in [0.15, 0.2) is 0 Å². The molecule has 98 valence electrons. The van der Waals surface area contributed by atoms with Gasteiger partial charge in [0.05, 0.1) is 0 Å². The monoisotopic (exact) mass is 227 g/mol. The van der Waals surface area contributed by atoms with Crippen LogP contribution in [-0.2, 0) is 0 Å². The second-order valence-electron chi connectivity index (χ2n) is 7.63. The molecule has 0 aromatic rings. The number of nitrogens with zero attached hydrogens (tertiary/aromatic N) is 1. The third-order valence-corrected chi connectivity index (χ3v) is 2.93. The van der Waals surface area contributed by atoms with Gasteiger partial charge in [-0.25, -0.2) is 0 Å². The van der Waals surface area contributed by atoms with E-state index in [1.807, 2.05) is 0 Å². The molecule has 1 heteroatoms. The first-order valence-electron chi connectivity index (χ1n) is 6.79. The Morgan fingerprint density at radius 1 is 0.688 bits per heavy atom. The van der Waals surface area contributed by atoms with Gasteiger partial charge in [0.15, 0.2) is 0 Å². The molecule has 16 heavy (non-hydrogen) atoms. The zero-order chi connectivity index (χ0) is 12.8. The molecule has 0 atom stereocenters. The first-order valence-corrected chi connectivity index (χ1v) is 6.79. The second-order valence-corrected chi connectivity index (χ2v) is 7.63. The van der Waals surface area contributed by atoms with Crippen molar-refractivity contribution in [3.05, 3.63) is 0 Å². The van der Waals surface area contributed by atoms with Crippen LogP contribution in [-0.4, -0.2) is 25.0 Å². The first-order chi connectivity index (χ1) is 7.10. The van der Waals surface area contributed by atoms with Crippen LogP contribution in [0, 0.1) is 10.8 Å². The van der Waals surface area contributed by atoms with Crippen molar-refractivity contribution in [3.63, 3.8) is 0 Å². The van der Waals surface area contributed by atoms with Gasteiger partial charge in [-0.1, -0.05) is 41.5 Å². The quantitative estimate of drug-likeness (QED) is 0.642. The lowest BCUT2D eigenvalue weighted by molar-refractivity contribution is 0.265. The molecular weight excluding hydrogens is 194 g/mol. The van der Waals surface area contributed by atoms with Crippen molar-refractivity contribution < 1.29 is 0 Å². The van der Waals surface area contributed by atoms with E-state index in [4.69, 9.17) is 0 Å². The highest BCUT2D eigenvalue weighted by atomic mass is 15.1. The molecule has 1 nitrogen and oxygen atoms in total. The van der Waals surface area contributed by atoms with Gasteiger partial charge >= 0.3 is 0 Å². The van der Waals surface area contributed by atoms with Gasteiger partial charge in [0, 0.05) is 0 Å². The van der Waals surface area contributed by atoms with Gasteiger partial charge in [-0.2, -0.15) is 0 Å². The lowest BCUT2D eigenvalue weighted by atomic mass is 9.90. The number of hydrogen-bond acceptors (Lipinski definition) is 1. The van der Waals surface area contributed by atoms with Gasteiger partial charge in [-0.05, 0) is 56.7 Å². The predicted molar refractivity (Wildman–Crippen MR) is 74.9 cm³/mol. The number of rotatable bonds is 6. The summed E-state index contributed by atoms with van der Waals surface area (Å²) in [6, 6.07) is 0. The predicted octanol–water partition coefficient (Wildman–Crippen LogP) is 4.57. The van der Waals surface area contributed by atoms with Crippen molar-refractivity contribution >= 4 is 0 Å². The summed E-state index contributed by atoms with van der Waals surface area (Å²) in [5, 5.41) is 0. The van der Waals surface area contributed by atoms with Crippen molar-refractivity contribution in [1.29, 1.82) is 0 Å². The molecule has 0 N–H and O–H groups in total. The van der Waals surface area contributed by atoms with Crippen molar-refractivity contribution in [2.75, 3.05) is 20.1 Å². The molecule has 0 heterocycles. The molecule has 0 aromatic carbocycles. The van der Waals surface area contributed by atoms with Gasteiger partial charge < -0.3 is 4.90 Å². The summed E-state index contributed by atoms with van der Waals surface area (Å²) in [6.45, 7) is 16.5. The molecule has 0 rings (SSSR count). The summed E-state index contributed by atoms with van der Waals surface area (Å²) in [6.07, 6.45) is 5.32. The van der Waals surface area contributed by atoms with Crippen molar-refractivity contribution in [1.82, 2.24) is 4.90 Å². The summed E-state index contributed by atoms with van der Waals surface area (Å²) in [7, 11) is 2.26. The van der Waals surface area contributed by atoms with Crippen LogP contribution in [0.1, 0.15) is 67.2 Å². The fourth-order valence-corrected chi connectivity index (χ4v) is 1.87. The van der Waals surface area contributed by atoms with E-state index in [2.05, 4.69) is 53.5 Å². The van der Waals surface area contributed by atoms with Gasteiger partial charge in [-0.3, -0.25) is 0 Å². The molecule has 0 spiro atoms. The zero-order valence-corrected chi connectivity index (χ0v) is 12.7. The SMILES string of the molecule is CN(CCCC(C)(C)C)CCCC(C)(C)C. The lowest BCUT2D eigenvalue weighted by Gasteiger charge is -2.23. The van der Waals surface area contributed by atoms with Crippen molar-refractivity contribution in [3.8, 4) is 0 Å². The molecule has 0 amide bonds. The molecule has 0 unspecified atom stereocenters. The average Bonchev–Trinajstić information content (AvgIpc) is 1.98. The Balaban J connectivity index is 3.49. The molecule has 0 aliphatic heterocycles. The zero-order valence-electron chi connectivity index (χ0n) is 12.7. The van der Waals surface area contributed by atoms with Crippen LogP contribution in [0.2, 0.25) is 0 Å². The third kappa shape index (κ3) is 12.0. The van der Waals surface area contributed by atoms with Crippen LogP contribution in [0.5, 0.6) is 0 Å². The Kier molecular flexibility index (Phi) is 6.62. The first kappa shape index (κ1) is 16.0. The highest BCUT2D eigenvalue weighted by Crippen LogP contribution is 2.22. The summed E-state index contributed by atoms with van der Waals surface area (Å²) in [5.41, 5.74) is 0.985. The Hall–Kier alpha value is -0.0400. The van der Waals surface area contributed by atoms with Crippen LogP contribution in [0.3, 0.4) is 0 Å². The Bertz CT molecular complexity index is 151. The fraction of sp³-hybridized carbons (Fsp3) is 1.00. The molecule has 0 aliphatic rings. The van der Waals surface area contributed by atoms with E-state index in [0.29, 0.717) is 10.8 Å². The van der Waals surface area contributed by atoms with Gasteiger partial charge in [0.1, 0.15) is 0 Å². The van der Waals surface area contributed by atoms with Crippen molar-refractivity contribution in [2.45, 2.75) is 67.2 Å². The van der Waals surface area contributed by atoms with Crippen LogP contribution < -0.4 is 0 Å². The maximum absolute atomic E-state index is 2.48. The summed E-state index contributed by atoms with van der Waals surface area (Å²) in [4.78, 5) is 2.48. The maximum atomic E-state index is 2.48. The van der Waals surface area contributed by atoms with Crippen LogP contribution >= 0.6 is 0 Å². The standard InChI is InChI=1S/C15H33N/c1-14(2,3)10-8-12-16(7)13-9-11-15(4,5)6/h8-13H2,1-7H3. The second kappa shape index (κ2) is 6.64. The van der Waals surface area contributed by atoms with E-state index >= 15 is 0 Å². The van der Waals surface area contributed by atoms with E-state index in [-0.39, 0.29) is 0 Å². The topological polar surface area (TPSA) is 3.24 Å². The van der Waals surface area contributed by atoms with Gasteiger partial charge in [0.2, 0.25) is 0 Å². The lowest BCUT2D eigenvalue weighted by Crippen LogP contribution is -2.23. The summed E-state index contributed by atoms with van der Waals surface area (Å²) in [5.74, 6) is 0. The minimum atomic E-state index is 0.492. The Labute approximate surface area is 104 Å². The summed E-state index contributed by atoms with van der Waals surface area (Å²) < 4.78 is 0. The Morgan fingerprint density at radius 2 is 1.00 bits per heavy atom. The highest BCUT2D eigenvalue weighted by molar-refractivity contribution is 4.65. The Morgan fingerprint density at radius 3 is 1.25 bits per heavy atom. The summed E-state index contributed by atoms with van der Waals surface area (Å²) >= 11 is 0. The third-order valence-electron chi connectivity index (χ3n) is 2.93. The smallest absolute Gasteiger partial charge is 0.00216 e. The number of hydrogen-bond donors (Lipinski definition) is 0. The normalized spacial score (nSPS) is 13.5. The van der Waals surface area contributed by atoms with E-state index in [0.717, 1.165) is 0 Å². The van der Waals surface area contributed by atoms with Crippen molar-refractivity contribution in [2.24, 2.45) is 10.8 Å². The molecule has 0 aromatic heterocycles. The maximum Gasteiger partial charge on any atom is -0.00216 e. The van der Waals surface area contributed by atoms with E-state index in [9.17, 15) is 0 Å². The largest absolute Gasteiger partial charge is 0.306 e. The molecule has 0 radical (unpaired) electrons. The van der Waals surface area contributed by atoms with Gasteiger partial charge in [0.25, 0.3) is 0 Å². The van der Waals surface area contributed by atoms with E-state index < -0.39 is 0 Å². The minimum Gasteiger partial charge on any atom is -0.306 e. The fourth-order valence-electron chi connectivity index (χ4n) is 1.87. The van der Waals surface area contributed by atoms with Gasteiger partial charge in [-0.15, -0.1) is 0 Å². The van der Waals surface area contributed by atoms with E-state index in [1.54, 1.807) is 0 Å². The molecule has 0 bridgehead atoms. The van der Waals surface area contributed by atoms with Crippen LogP contribution in [0.4, 0.5) is 0 Å².